The van der Waals surface area contributed by atoms with E-state index in [1.165, 1.54) is 12.0 Å². The third-order valence-electron chi connectivity index (χ3n) is 2.99. The molecule has 2 rings (SSSR count). The van der Waals surface area contributed by atoms with Gasteiger partial charge in [-0.05, 0) is 35.9 Å². The SMILES string of the molecule is COc1cccc(CC(Cc2cccs2)NN)c1F. The van der Waals surface area contributed by atoms with E-state index < -0.39 is 0 Å². The second-order valence-electron chi connectivity index (χ2n) is 4.28. The lowest BCUT2D eigenvalue weighted by atomic mass is 10.0. The molecule has 0 aliphatic rings. The van der Waals surface area contributed by atoms with Gasteiger partial charge < -0.3 is 4.74 Å². The molecule has 0 aliphatic carbocycles. The standard InChI is InChI=1S/C14H17FN2OS/c1-18-13-6-2-4-10(14(13)15)8-11(17-16)9-12-5-3-7-19-12/h2-7,11,17H,8-9,16H2,1H3. The zero-order valence-corrected chi connectivity index (χ0v) is 11.5. The Bertz CT molecular complexity index is 516. The second-order valence-corrected chi connectivity index (χ2v) is 5.32. The molecule has 3 nitrogen and oxygen atoms in total. The van der Waals surface area contributed by atoms with E-state index in [4.69, 9.17) is 10.6 Å². The van der Waals surface area contributed by atoms with Crippen LogP contribution >= 0.6 is 11.3 Å². The number of nitrogens with two attached hydrogens (primary N) is 1. The van der Waals surface area contributed by atoms with Crippen LogP contribution in [0.4, 0.5) is 4.39 Å². The highest BCUT2D eigenvalue weighted by Gasteiger charge is 2.14. The molecular formula is C14H17FN2OS. The topological polar surface area (TPSA) is 47.3 Å². The number of hydrazine groups is 1. The number of hydrogen-bond acceptors (Lipinski definition) is 4. The number of methoxy groups -OCH3 is 1. The summed E-state index contributed by atoms with van der Waals surface area (Å²) < 4.78 is 19.0. The van der Waals surface area contributed by atoms with Gasteiger partial charge in [-0.15, -0.1) is 11.3 Å². The van der Waals surface area contributed by atoms with E-state index in [1.807, 2.05) is 11.4 Å². The van der Waals surface area contributed by atoms with Gasteiger partial charge in [-0.2, -0.15) is 0 Å². The van der Waals surface area contributed by atoms with Crippen molar-refractivity contribution >= 4 is 11.3 Å². The summed E-state index contributed by atoms with van der Waals surface area (Å²) in [6.07, 6.45) is 1.31. The van der Waals surface area contributed by atoms with Gasteiger partial charge in [-0.1, -0.05) is 18.2 Å². The van der Waals surface area contributed by atoms with Crippen LogP contribution in [-0.2, 0) is 12.8 Å². The first-order valence-electron chi connectivity index (χ1n) is 6.04. The fourth-order valence-corrected chi connectivity index (χ4v) is 2.79. The minimum Gasteiger partial charge on any atom is -0.494 e. The molecular weight excluding hydrogens is 263 g/mol. The molecule has 19 heavy (non-hydrogen) atoms. The molecule has 0 radical (unpaired) electrons. The van der Waals surface area contributed by atoms with Crippen LogP contribution in [-0.4, -0.2) is 13.2 Å². The lowest BCUT2D eigenvalue weighted by Gasteiger charge is -2.16. The van der Waals surface area contributed by atoms with Crippen LogP contribution in [0, 0.1) is 5.82 Å². The van der Waals surface area contributed by atoms with Gasteiger partial charge in [-0.25, -0.2) is 4.39 Å². The summed E-state index contributed by atoms with van der Waals surface area (Å²) >= 11 is 1.68. The first-order chi connectivity index (χ1) is 9.24. The summed E-state index contributed by atoms with van der Waals surface area (Å²) in [6, 6.07) is 9.21. The number of thiophene rings is 1. The first kappa shape index (κ1) is 14.0. The maximum absolute atomic E-state index is 14.1. The predicted octanol–water partition coefficient (Wildman–Crippen LogP) is 2.51. The molecule has 102 valence electrons. The van der Waals surface area contributed by atoms with E-state index in [1.54, 1.807) is 29.5 Å². The highest BCUT2D eigenvalue weighted by Crippen LogP contribution is 2.22. The summed E-state index contributed by atoms with van der Waals surface area (Å²) in [6.45, 7) is 0. The highest BCUT2D eigenvalue weighted by molar-refractivity contribution is 7.09. The molecule has 1 aromatic heterocycles. The Morgan fingerprint density at radius 2 is 2.16 bits per heavy atom. The van der Waals surface area contributed by atoms with Crippen LogP contribution in [0.1, 0.15) is 10.4 Å². The maximum atomic E-state index is 14.1. The summed E-state index contributed by atoms with van der Waals surface area (Å²) in [4.78, 5) is 1.23. The summed E-state index contributed by atoms with van der Waals surface area (Å²) in [5.41, 5.74) is 3.36. The molecule has 5 heteroatoms. The number of benzene rings is 1. The molecule has 0 fully saturated rings. The molecule has 1 aromatic carbocycles. The fraction of sp³-hybridized carbons (Fsp3) is 0.286. The molecule has 0 saturated heterocycles. The normalized spacial score (nSPS) is 12.4. The van der Waals surface area contributed by atoms with Gasteiger partial charge in [0.25, 0.3) is 0 Å². The third kappa shape index (κ3) is 3.53. The van der Waals surface area contributed by atoms with Crippen molar-refractivity contribution in [3.8, 4) is 5.75 Å². The molecule has 0 bridgehead atoms. The van der Waals surface area contributed by atoms with Crippen LogP contribution in [0.2, 0.25) is 0 Å². The molecule has 3 N–H and O–H groups in total. The number of rotatable bonds is 6. The molecule has 1 unspecified atom stereocenters. The summed E-state index contributed by atoms with van der Waals surface area (Å²) in [5, 5.41) is 2.02. The van der Waals surface area contributed by atoms with Gasteiger partial charge in [-0.3, -0.25) is 11.3 Å². The van der Waals surface area contributed by atoms with Gasteiger partial charge in [0.2, 0.25) is 0 Å². The monoisotopic (exact) mass is 280 g/mol. The molecule has 0 amide bonds. The van der Waals surface area contributed by atoms with Gasteiger partial charge >= 0.3 is 0 Å². The Kier molecular flexibility index (Phi) is 4.90. The number of ether oxygens (including phenoxy) is 1. The third-order valence-corrected chi connectivity index (χ3v) is 3.89. The molecule has 2 aromatic rings. The Hall–Kier alpha value is -1.43. The Morgan fingerprint density at radius 3 is 2.79 bits per heavy atom. The minimum absolute atomic E-state index is 0.000237. The van der Waals surface area contributed by atoms with Crippen LogP contribution in [0.3, 0.4) is 0 Å². The van der Waals surface area contributed by atoms with Crippen molar-refractivity contribution in [2.24, 2.45) is 5.84 Å². The quantitative estimate of drug-likeness (QED) is 0.631. The molecule has 0 aliphatic heterocycles. The number of hydrogen-bond donors (Lipinski definition) is 2. The maximum Gasteiger partial charge on any atom is 0.168 e. The van der Waals surface area contributed by atoms with Crippen LogP contribution < -0.4 is 16.0 Å². The van der Waals surface area contributed by atoms with Crippen LogP contribution in [0.5, 0.6) is 5.75 Å². The van der Waals surface area contributed by atoms with Crippen LogP contribution in [0.25, 0.3) is 0 Å². The predicted molar refractivity (Wildman–Crippen MR) is 75.8 cm³/mol. The van der Waals surface area contributed by atoms with Crippen molar-refractivity contribution in [1.29, 1.82) is 0 Å². The minimum atomic E-state index is -0.309. The lowest BCUT2D eigenvalue weighted by Crippen LogP contribution is -2.38. The second kappa shape index (κ2) is 6.65. The molecule has 1 atom stereocenters. The van der Waals surface area contributed by atoms with E-state index in [2.05, 4.69) is 11.5 Å². The van der Waals surface area contributed by atoms with Crippen molar-refractivity contribution in [3.63, 3.8) is 0 Å². The van der Waals surface area contributed by atoms with Crippen molar-refractivity contribution in [1.82, 2.24) is 5.43 Å². The van der Waals surface area contributed by atoms with Gasteiger partial charge in [0, 0.05) is 10.9 Å². The average molecular weight is 280 g/mol. The summed E-state index contributed by atoms with van der Waals surface area (Å²) in [7, 11) is 1.46. The largest absolute Gasteiger partial charge is 0.494 e. The number of nitrogens with one attached hydrogen (secondary N) is 1. The van der Waals surface area contributed by atoms with Crippen LogP contribution in [0.15, 0.2) is 35.7 Å². The Morgan fingerprint density at radius 1 is 1.32 bits per heavy atom. The first-order valence-corrected chi connectivity index (χ1v) is 6.92. The van der Waals surface area contributed by atoms with E-state index in [9.17, 15) is 4.39 Å². The molecule has 0 saturated carbocycles. The Balaban J connectivity index is 2.10. The van der Waals surface area contributed by atoms with Gasteiger partial charge in [0.15, 0.2) is 11.6 Å². The van der Waals surface area contributed by atoms with Crippen molar-refractivity contribution in [3.05, 3.63) is 52.0 Å². The molecule has 0 spiro atoms. The number of halogens is 1. The van der Waals surface area contributed by atoms with Gasteiger partial charge in [0.05, 0.1) is 7.11 Å². The average Bonchev–Trinajstić information content (AvgIpc) is 2.93. The summed E-state index contributed by atoms with van der Waals surface area (Å²) in [5.74, 6) is 5.52. The van der Waals surface area contributed by atoms with E-state index in [0.717, 1.165) is 6.42 Å². The smallest absolute Gasteiger partial charge is 0.168 e. The molecule has 1 heterocycles. The van der Waals surface area contributed by atoms with Gasteiger partial charge in [0.1, 0.15) is 0 Å². The van der Waals surface area contributed by atoms with Crippen molar-refractivity contribution in [2.75, 3.05) is 7.11 Å². The highest BCUT2D eigenvalue weighted by atomic mass is 32.1. The van der Waals surface area contributed by atoms with Crippen molar-refractivity contribution < 1.29 is 9.13 Å². The Labute approximate surface area is 116 Å². The lowest BCUT2D eigenvalue weighted by molar-refractivity contribution is 0.382. The van der Waals surface area contributed by atoms with E-state index in [0.29, 0.717) is 12.0 Å². The fourth-order valence-electron chi connectivity index (χ4n) is 2.00. The zero-order chi connectivity index (χ0) is 13.7. The van der Waals surface area contributed by atoms with E-state index in [-0.39, 0.29) is 17.6 Å². The van der Waals surface area contributed by atoms with Crippen molar-refractivity contribution in [2.45, 2.75) is 18.9 Å². The zero-order valence-electron chi connectivity index (χ0n) is 10.7. The van der Waals surface area contributed by atoms with E-state index >= 15 is 0 Å².